The van der Waals surface area contributed by atoms with Crippen molar-refractivity contribution in [1.29, 1.82) is 0 Å². The number of carbonyl (C=O) groups excluding carboxylic acids is 2. The summed E-state index contributed by atoms with van der Waals surface area (Å²) in [7, 11) is 5.20. The van der Waals surface area contributed by atoms with Crippen molar-refractivity contribution in [3.05, 3.63) is 45.7 Å². The highest BCUT2D eigenvalue weighted by Crippen LogP contribution is 2.12. The minimum Gasteiger partial charge on any atom is -0.348 e. The summed E-state index contributed by atoms with van der Waals surface area (Å²) in [5.74, 6) is -0.662. The van der Waals surface area contributed by atoms with Gasteiger partial charge in [0.15, 0.2) is 0 Å². The first-order chi connectivity index (χ1) is 11.8. The van der Waals surface area contributed by atoms with Crippen molar-refractivity contribution in [3.63, 3.8) is 0 Å². The molecular weight excluding hydrogens is 345 g/mol. The van der Waals surface area contributed by atoms with Crippen LogP contribution in [0.3, 0.4) is 0 Å². The maximum absolute atomic E-state index is 12.8. The summed E-state index contributed by atoms with van der Waals surface area (Å²) in [5, 5.41) is 11.5. The van der Waals surface area contributed by atoms with Crippen LogP contribution >= 0.6 is 11.3 Å². The molecule has 0 atom stereocenters. The van der Waals surface area contributed by atoms with Crippen LogP contribution in [0.4, 0.5) is 4.39 Å². The lowest BCUT2D eigenvalue weighted by Gasteiger charge is -2.17. The van der Waals surface area contributed by atoms with Gasteiger partial charge in [0.1, 0.15) is 10.8 Å². The molecule has 0 bridgehead atoms. The SMILES string of the molecule is CN(CC(=O)N(C)C)Cc1nnc(C(=O)NCc2ccc(F)cc2)s1. The molecule has 2 rings (SSSR count). The summed E-state index contributed by atoms with van der Waals surface area (Å²) in [6, 6.07) is 5.90. The van der Waals surface area contributed by atoms with E-state index < -0.39 is 0 Å². The van der Waals surface area contributed by atoms with E-state index in [0.29, 0.717) is 11.6 Å². The van der Waals surface area contributed by atoms with E-state index in [2.05, 4.69) is 15.5 Å². The zero-order chi connectivity index (χ0) is 18.4. The summed E-state index contributed by atoms with van der Waals surface area (Å²) in [6.45, 7) is 0.979. The molecule has 0 unspecified atom stereocenters. The van der Waals surface area contributed by atoms with Gasteiger partial charge < -0.3 is 10.2 Å². The van der Waals surface area contributed by atoms with Gasteiger partial charge in [-0.05, 0) is 24.7 Å². The fraction of sp³-hybridized carbons (Fsp3) is 0.375. The molecule has 2 amide bonds. The molecule has 0 radical (unpaired) electrons. The molecule has 9 heteroatoms. The molecule has 0 aliphatic heterocycles. The number of hydrogen-bond donors (Lipinski definition) is 1. The molecule has 0 spiro atoms. The standard InChI is InChI=1S/C16H20FN5O2S/c1-21(2)14(23)10-22(3)9-13-19-20-16(25-13)15(24)18-8-11-4-6-12(17)7-5-11/h4-7H,8-10H2,1-3H3,(H,18,24). The molecule has 0 saturated carbocycles. The zero-order valence-corrected chi connectivity index (χ0v) is 15.1. The molecule has 2 aromatic rings. The van der Waals surface area contributed by atoms with Gasteiger partial charge in [-0.3, -0.25) is 14.5 Å². The van der Waals surface area contributed by atoms with E-state index >= 15 is 0 Å². The second-order valence-electron chi connectivity index (χ2n) is 5.77. The van der Waals surface area contributed by atoms with Crippen molar-refractivity contribution in [2.75, 3.05) is 27.7 Å². The molecule has 1 N–H and O–H groups in total. The third-order valence-electron chi connectivity index (χ3n) is 3.34. The van der Waals surface area contributed by atoms with Crippen molar-refractivity contribution in [3.8, 4) is 0 Å². The minimum absolute atomic E-state index is 0.00993. The topological polar surface area (TPSA) is 78.4 Å². The normalized spacial score (nSPS) is 10.8. The summed E-state index contributed by atoms with van der Waals surface area (Å²) in [5.41, 5.74) is 0.793. The Morgan fingerprint density at radius 2 is 1.84 bits per heavy atom. The molecular formula is C16H20FN5O2S. The average Bonchev–Trinajstić information content (AvgIpc) is 3.02. The van der Waals surface area contributed by atoms with Crippen LogP contribution in [0.25, 0.3) is 0 Å². The van der Waals surface area contributed by atoms with E-state index in [9.17, 15) is 14.0 Å². The van der Waals surface area contributed by atoms with Crippen molar-refractivity contribution in [1.82, 2.24) is 25.3 Å². The lowest BCUT2D eigenvalue weighted by molar-refractivity contribution is -0.129. The van der Waals surface area contributed by atoms with Gasteiger partial charge in [0.05, 0.1) is 13.1 Å². The van der Waals surface area contributed by atoms with E-state index in [0.717, 1.165) is 5.56 Å². The maximum Gasteiger partial charge on any atom is 0.282 e. The zero-order valence-electron chi connectivity index (χ0n) is 14.3. The highest BCUT2D eigenvalue weighted by molar-refractivity contribution is 7.13. The van der Waals surface area contributed by atoms with Crippen LogP contribution in [0, 0.1) is 5.82 Å². The maximum atomic E-state index is 12.8. The highest BCUT2D eigenvalue weighted by atomic mass is 32.1. The fourth-order valence-corrected chi connectivity index (χ4v) is 2.76. The molecule has 25 heavy (non-hydrogen) atoms. The lowest BCUT2D eigenvalue weighted by Crippen LogP contribution is -2.34. The molecule has 7 nitrogen and oxygen atoms in total. The van der Waals surface area contributed by atoms with E-state index in [-0.39, 0.29) is 35.7 Å². The summed E-state index contributed by atoms with van der Waals surface area (Å²) >= 11 is 1.18. The second kappa shape index (κ2) is 8.63. The summed E-state index contributed by atoms with van der Waals surface area (Å²) in [4.78, 5) is 27.1. The van der Waals surface area contributed by atoms with Crippen molar-refractivity contribution in [2.45, 2.75) is 13.1 Å². The Kier molecular flexibility index (Phi) is 6.54. The number of halogens is 1. The monoisotopic (exact) mass is 365 g/mol. The number of benzene rings is 1. The largest absolute Gasteiger partial charge is 0.348 e. The number of aromatic nitrogens is 2. The van der Waals surface area contributed by atoms with Crippen molar-refractivity contribution >= 4 is 23.2 Å². The smallest absolute Gasteiger partial charge is 0.282 e. The Morgan fingerprint density at radius 1 is 1.16 bits per heavy atom. The Morgan fingerprint density at radius 3 is 2.48 bits per heavy atom. The minimum atomic E-state index is -0.333. The summed E-state index contributed by atoms with van der Waals surface area (Å²) in [6.07, 6.45) is 0. The van der Waals surface area contributed by atoms with Crippen molar-refractivity contribution < 1.29 is 14.0 Å². The van der Waals surface area contributed by atoms with Crippen LogP contribution in [-0.4, -0.2) is 59.5 Å². The predicted molar refractivity (Wildman–Crippen MR) is 92.5 cm³/mol. The van der Waals surface area contributed by atoms with Gasteiger partial charge in [0.25, 0.3) is 5.91 Å². The van der Waals surface area contributed by atoms with Gasteiger partial charge in [-0.2, -0.15) is 0 Å². The third-order valence-corrected chi connectivity index (χ3v) is 4.24. The molecule has 0 aliphatic carbocycles. The second-order valence-corrected chi connectivity index (χ2v) is 6.83. The third kappa shape index (κ3) is 5.87. The van der Waals surface area contributed by atoms with Gasteiger partial charge in [0.2, 0.25) is 10.9 Å². The quantitative estimate of drug-likeness (QED) is 0.796. The first-order valence-electron chi connectivity index (χ1n) is 7.59. The van der Waals surface area contributed by atoms with E-state index in [1.54, 1.807) is 33.3 Å². The fourth-order valence-electron chi connectivity index (χ4n) is 1.93. The molecule has 1 aromatic carbocycles. The molecule has 1 heterocycles. The van der Waals surface area contributed by atoms with Gasteiger partial charge in [-0.15, -0.1) is 10.2 Å². The van der Waals surface area contributed by atoms with Gasteiger partial charge >= 0.3 is 0 Å². The Balaban J connectivity index is 1.86. The van der Waals surface area contributed by atoms with Crippen LogP contribution in [0.1, 0.15) is 20.4 Å². The van der Waals surface area contributed by atoms with Gasteiger partial charge in [-0.1, -0.05) is 23.5 Å². The number of carbonyl (C=O) groups is 2. The first kappa shape index (κ1) is 18.9. The Bertz CT molecular complexity index is 732. The number of hydrogen-bond acceptors (Lipinski definition) is 6. The Labute approximate surface area is 149 Å². The average molecular weight is 365 g/mol. The van der Waals surface area contributed by atoms with Gasteiger partial charge in [0, 0.05) is 20.6 Å². The van der Waals surface area contributed by atoms with E-state index in [1.807, 2.05) is 4.90 Å². The number of amides is 2. The summed E-state index contributed by atoms with van der Waals surface area (Å²) < 4.78 is 12.8. The molecule has 0 aliphatic rings. The van der Waals surface area contributed by atoms with Crippen LogP contribution in [0.5, 0.6) is 0 Å². The molecule has 1 aromatic heterocycles. The van der Waals surface area contributed by atoms with Crippen LogP contribution in [0.15, 0.2) is 24.3 Å². The van der Waals surface area contributed by atoms with Crippen molar-refractivity contribution in [2.24, 2.45) is 0 Å². The molecule has 0 saturated heterocycles. The van der Waals surface area contributed by atoms with E-state index in [1.165, 1.54) is 28.4 Å². The molecule has 134 valence electrons. The van der Waals surface area contributed by atoms with Crippen LogP contribution in [-0.2, 0) is 17.9 Å². The number of nitrogens with one attached hydrogen (secondary N) is 1. The highest BCUT2D eigenvalue weighted by Gasteiger charge is 2.15. The number of nitrogens with zero attached hydrogens (tertiary/aromatic N) is 4. The van der Waals surface area contributed by atoms with E-state index in [4.69, 9.17) is 0 Å². The Hall–Kier alpha value is -2.39. The van der Waals surface area contributed by atoms with Crippen LogP contribution in [0.2, 0.25) is 0 Å². The predicted octanol–water partition coefficient (Wildman–Crippen LogP) is 1.13. The number of rotatable bonds is 7. The van der Waals surface area contributed by atoms with Gasteiger partial charge in [-0.25, -0.2) is 4.39 Å². The first-order valence-corrected chi connectivity index (χ1v) is 8.40. The lowest BCUT2D eigenvalue weighted by atomic mass is 10.2. The molecule has 0 fully saturated rings. The van der Waals surface area contributed by atoms with Crippen LogP contribution < -0.4 is 5.32 Å². The number of likely N-dealkylation sites (N-methyl/N-ethyl adjacent to an activating group) is 2.